The summed E-state index contributed by atoms with van der Waals surface area (Å²) >= 11 is 0. The lowest BCUT2D eigenvalue weighted by Gasteiger charge is -2.21. The summed E-state index contributed by atoms with van der Waals surface area (Å²) in [6.07, 6.45) is 4.93. The number of pyridine rings is 1. The number of rotatable bonds is 9. The van der Waals surface area contributed by atoms with Gasteiger partial charge in [-0.15, -0.1) is 0 Å². The minimum absolute atomic E-state index is 0.142. The van der Waals surface area contributed by atoms with Crippen LogP contribution in [-0.4, -0.2) is 27.2 Å². The minimum atomic E-state index is -0.565. The van der Waals surface area contributed by atoms with E-state index in [9.17, 15) is 4.79 Å². The highest BCUT2D eigenvalue weighted by atomic mass is 16.5. The number of carbonyl (C=O) groups is 1. The predicted molar refractivity (Wildman–Crippen MR) is 133 cm³/mol. The van der Waals surface area contributed by atoms with Gasteiger partial charge in [0.05, 0.1) is 30.2 Å². The van der Waals surface area contributed by atoms with Crippen LogP contribution in [0.25, 0.3) is 0 Å². The molecule has 2 N–H and O–H groups in total. The fourth-order valence-electron chi connectivity index (χ4n) is 3.61. The monoisotopic (exact) mass is 466 g/mol. The van der Waals surface area contributed by atoms with Gasteiger partial charge in [-0.05, 0) is 41.3 Å². The summed E-state index contributed by atoms with van der Waals surface area (Å²) in [5.41, 5.74) is 2.57. The molecule has 1 unspecified atom stereocenters. The lowest BCUT2D eigenvalue weighted by atomic mass is 9.98. The van der Waals surface area contributed by atoms with Crippen molar-refractivity contribution in [3.63, 3.8) is 0 Å². The van der Waals surface area contributed by atoms with Crippen LogP contribution in [0.15, 0.2) is 85.3 Å². The molecule has 0 saturated heterocycles. The van der Waals surface area contributed by atoms with Gasteiger partial charge in [-0.3, -0.25) is 9.48 Å². The lowest BCUT2D eigenvalue weighted by molar-refractivity contribution is -0.118. The van der Waals surface area contributed by atoms with E-state index in [0.717, 1.165) is 11.1 Å². The second-order valence-electron chi connectivity index (χ2n) is 8.21. The zero-order valence-electron chi connectivity index (χ0n) is 19.6. The van der Waals surface area contributed by atoms with E-state index >= 15 is 0 Å². The summed E-state index contributed by atoms with van der Waals surface area (Å²) in [6, 6.07) is 22.1. The SMILES string of the molecule is C[C@@H](CNC(C(=O)Nc1ccc(Oc2cnn(C)c2)cn1)c1ccccc1)c1ccc(C#N)cc1. The fourth-order valence-corrected chi connectivity index (χ4v) is 3.61. The largest absolute Gasteiger partial charge is 0.452 e. The third kappa shape index (κ3) is 6.31. The smallest absolute Gasteiger partial charge is 0.247 e. The molecule has 4 rings (SSSR count). The molecular formula is C27H26N6O2. The number of hydrogen-bond donors (Lipinski definition) is 2. The first-order valence-corrected chi connectivity index (χ1v) is 11.2. The van der Waals surface area contributed by atoms with Crippen LogP contribution in [-0.2, 0) is 11.8 Å². The highest BCUT2D eigenvalue weighted by molar-refractivity contribution is 5.94. The van der Waals surface area contributed by atoms with Crippen molar-refractivity contribution in [2.45, 2.75) is 18.9 Å². The number of amides is 1. The highest BCUT2D eigenvalue weighted by Crippen LogP contribution is 2.22. The van der Waals surface area contributed by atoms with E-state index in [2.05, 4.69) is 33.7 Å². The molecule has 2 heterocycles. The Morgan fingerprint density at radius 3 is 2.43 bits per heavy atom. The summed E-state index contributed by atoms with van der Waals surface area (Å²) in [7, 11) is 1.81. The van der Waals surface area contributed by atoms with Crippen molar-refractivity contribution < 1.29 is 9.53 Å². The first kappa shape index (κ1) is 23.7. The van der Waals surface area contributed by atoms with Crippen molar-refractivity contribution in [2.75, 3.05) is 11.9 Å². The van der Waals surface area contributed by atoms with E-state index in [0.29, 0.717) is 29.4 Å². The van der Waals surface area contributed by atoms with Crippen molar-refractivity contribution in [2.24, 2.45) is 7.05 Å². The van der Waals surface area contributed by atoms with E-state index in [1.807, 2.05) is 49.5 Å². The molecular weight excluding hydrogens is 440 g/mol. The topological polar surface area (TPSA) is 105 Å². The maximum atomic E-state index is 13.2. The van der Waals surface area contributed by atoms with Crippen LogP contribution >= 0.6 is 0 Å². The Labute approximate surface area is 204 Å². The Morgan fingerprint density at radius 2 is 1.80 bits per heavy atom. The normalized spacial score (nSPS) is 12.4. The third-order valence-electron chi connectivity index (χ3n) is 5.54. The molecule has 2 atom stereocenters. The summed E-state index contributed by atoms with van der Waals surface area (Å²) < 4.78 is 7.36. The van der Waals surface area contributed by atoms with Crippen LogP contribution in [0, 0.1) is 11.3 Å². The molecule has 8 nitrogen and oxygen atoms in total. The van der Waals surface area contributed by atoms with Crippen LogP contribution in [0.5, 0.6) is 11.5 Å². The van der Waals surface area contributed by atoms with Crippen molar-refractivity contribution in [1.29, 1.82) is 5.26 Å². The summed E-state index contributed by atoms with van der Waals surface area (Å²) in [6.45, 7) is 2.65. The second-order valence-corrected chi connectivity index (χ2v) is 8.21. The van der Waals surface area contributed by atoms with Gasteiger partial charge >= 0.3 is 0 Å². The molecule has 4 aromatic rings. The second kappa shape index (κ2) is 11.1. The van der Waals surface area contributed by atoms with Crippen LogP contribution in [0.3, 0.4) is 0 Å². The molecule has 0 saturated carbocycles. The van der Waals surface area contributed by atoms with Crippen molar-refractivity contribution >= 4 is 11.7 Å². The number of hydrogen-bond acceptors (Lipinski definition) is 6. The Balaban J connectivity index is 1.42. The first-order chi connectivity index (χ1) is 17.0. The van der Waals surface area contributed by atoms with Crippen LogP contribution in [0.2, 0.25) is 0 Å². The maximum Gasteiger partial charge on any atom is 0.247 e. The number of carbonyl (C=O) groups excluding carboxylic acids is 1. The molecule has 0 bridgehead atoms. The van der Waals surface area contributed by atoms with E-state index in [1.165, 1.54) is 0 Å². The molecule has 0 aliphatic rings. The molecule has 0 fully saturated rings. The fraction of sp³-hybridized carbons (Fsp3) is 0.185. The van der Waals surface area contributed by atoms with Crippen molar-refractivity contribution in [1.82, 2.24) is 20.1 Å². The number of ether oxygens (including phenoxy) is 1. The van der Waals surface area contributed by atoms with Gasteiger partial charge in [0.15, 0.2) is 5.75 Å². The Kier molecular flexibility index (Phi) is 7.50. The number of nitriles is 1. The van der Waals surface area contributed by atoms with Crippen LogP contribution in [0.1, 0.15) is 35.6 Å². The average molecular weight is 467 g/mol. The molecule has 1 amide bonds. The molecule has 8 heteroatoms. The molecule has 2 aromatic heterocycles. The molecule has 0 radical (unpaired) electrons. The van der Waals surface area contributed by atoms with Gasteiger partial charge in [0.2, 0.25) is 5.91 Å². The predicted octanol–water partition coefficient (Wildman–Crippen LogP) is 4.55. The Morgan fingerprint density at radius 1 is 1.03 bits per heavy atom. The number of aromatic nitrogens is 3. The number of anilines is 1. The van der Waals surface area contributed by atoms with Gasteiger partial charge in [-0.25, -0.2) is 4.98 Å². The van der Waals surface area contributed by atoms with Gasteiger partial charge in [-0.2, -0.15) is 10.4 Å². The average Bonchev–Trinajstić information content (AvgIpc) is 3.30. The number of benzene rings is 2. The zero-order chi connectivity index (χ0) is 24.6. The van der Waals surface area contributed by atoms with E-state index in [-0.39, 0.29) is 11.8 Å². The van der Waals surface area contributed by atoms with Gasteiger partial charge in [-0.1, -0.05) is 49.4 Å². The summed E-state index contributed by atoms with van der Waals surface area (Å²) in [5, 5.41) is 19.4. The van der Waals surface area contributed by atoms with Gasteiger partial charge in [0.1, 0.15) is 17.6 Å². The molecule has 35 heavy (non-hydrogen) atoms. The van der Waals surface area contributed by atoms with Crippen molar-refractivity contribution in [3.05, 3.63) is 102 Å². The van der Waals surface area contributed by atoms with Gasteiger partial charge in [0.25, 0.3) is 0 Å². The zero-order valence-corrected chi connectivity index (χ0v) is 19.6. The minimum Gasteiger partial charge on any atom is -0.452 e. The molecule has 176 valence electrons. The van der Waals surface area contributed by atoms with E-state index in [1.54, 1.807) is 47.5 Å². The first-order valence-electron chi connectivity index (χ1n) is 11.2. The van der Waals surface area contributed by atoms with Gasteiger partial charge < -0.3 is 15.4 Å². The molecule has 0 aliphatic heterocycles. The number of nitrogens with zero attached hydrogens (tertiary/aromatic N) is 4. The summed E-state index contributed by atoms with van der Waals surface area (Å²) in [5.74, 6) is 1.51. The summed E-state index contributed by atoms with van der Waals surface area (Å²) in [4.78, 5) is 17.6. The van der Waals surface area contributed by atoms with Crippen LogP contribution < -0.4 is 15.4 Å². The van der Waals surface area contributed by atoms with E-state index < -0.39 is 6.04 Å². The third-order valence-corrected chi connectivity index (χ3v) is 5.54. The standard InChI is InChI=1S/C27H26N6O2/c1-19(21-10-8-20(14-28)9-11-21)15-30-26(22-6-4-3-5-7-22)27(34)32-25-13-12-23(16-29-25)35-24-17-31-33(2)18-24/h3-13,16-19,26,30H,15H2,1-2H3,(H,29,32,34)/t19-,26?/m0/s1. The Bertz CT molecular complexity index is 1290. The number of nitrogens with one attached hydrogen (secondary N) is 2. The number of aryl methyl sites for hydroxylation is 1. The van der Waals surface area contributed by atoms with Crippen LogP contribution in [0.4, 0.5) is 5.82 Å². The Hall–Kier alpha value is -4.48. The molecule has 0 aliphatic carbocycles. The van der Waals surface area contributed by atoms with Gasteiger partial charge in [0, 0.05) is 13.6 Å². The molecule has 2 aromatic carbocycles. The van der Waals surface area contributed by atoms with Crippen molar-refractivity contribution in [3.8, 4) is 17.6 Å². The lowest BCUT2D eigenvalue weighted by Crippen LogP contribution is -2.35. The molecule has 0 spiro atoms. The quantitative estimate of drug-likeness (QED) is 0.375. The van der Waals surface area contributed by atoms with E-state index in [4.69, 9.17) is 10.00 Å². The maximum absolute atomic E-state index is 13.2. The highest BCUT2D eigenvalue weighted by Gasteiger charge is 2.21.